The molecule has 0 aromatic heterocycles. The van der Waals surface area contributed by atoms with Gasteiger partial charge in [0.05, 0.1) is 37.0 Å². The maximum Gasteiger partial charge on any atom is 0.0955 e. The molecule has 17 rings (SSSR count). The summed E-state index contributed by atoms with van der Waals surface area (Å²) in [5.74, 6) is 0. The molecule has 0 aliphatic carbocycles. The van der Waals surface area contributed by atoms with E-state index in [0.29, 0.717) is 0 Å². The second-order valence-electron chi connectivity index (χ2n) is 22.3. The Morgan fingerprint density at radius 1 is 0.167 bits per heavy atom. The molecule has 0 spiro atoms. The van der Waals surface area contributed by atoms with Crippen molar-refractivity contribution in [2.45, 2.75) is 76.3 Å². The number of hydrogen-bond acceptors (Lipinski definition) is 6. The lowest BCUT2D eigenvalue weighted by Crippen LogP contribution is -2.73. The van der Waals surface area contributed by atoms with E-state index in [1.54, 1.807) is 0 Å². The maximum atomic E-state index is 3.01. The molecule has 0 saturated carbocycles. The van der Waals surface area contributed by atoms with Gasteiger partial charge in [0.15, 0.2) is 0 Å². The largest absolute Gasteiger partial charge is 0.262 e. The quantitative estimate of drug-likeness (QED) is 0.121. The predicted octanol–water partition coefficient (Wildman–Crippen LogP) is 14.9. The molecule has 78 heavy (non-hydrogen) atoms. The van der Waals surface area contributed by atoms with Crippen molar-refractivity contribution in [1.82, 2.24) is 29.4 Å². The number of rotatable bonds is 12. The van der Waals surface area contributed by atoms with Crippen molar-refractivity contribution in [2.24, 2.45) is 0 Å². The van der Waals surface area contributed by atoms with Crippen LogP contribution in [0, 0.1) is 0 Å². The minimum Gasteiger partial charge on any atom is -0.262 e. The smallest absolute Gasteiger partial charge is 0.0955 e. The number of fused-ring (bicyclic) bond motifs is 6. The van der Waals surface area contributed by atoms with E-state index in [1.807, 2.05) is 0 Å². The summed E-state index contributed by atoms with van der Waals surface area (Å²) in [7, 11) is 0. The van der Waals surface area contributed by atoms with Gasteiger partial charge in [0.1, 0.15) is 0 Å². The molecule has 378 valence electrons. The summed E-state index contributed by atoms with van der Waals surface area (Å²) >= 11 is 0. The average Bonchev–Trinajstić information content (AvgIpc) is 3.00. The maximum absolute atomic E-state index is 3.01. The number of hydrogen-bond donors (Lipinski definition) is 0. The predicted molar refractivity (Wildman–Crippen MR) is 320 cm³/mol. The highest BCUT2D eigenvalue weighted by atomic mass is 15.8. The van der Waals surface area contributed by atoms with Gasteiger partial charge in [-0.3, -0.25) is 29.4 Å². The Morgan fingerprint density at radius 3 is 0.474 bits per heavy atom. The van der Waals surface area contributed by atoms with Crippen molar-refractivity contribution in [2.75, 3.05) is 0 Å². The third-order valence-electron chi connectivity index (χ3n) is 18.3. The van der Waals surface area contributed by atoms with E-state index in [9.17, 15) is 0 Å². The van der Waals surface area contributed by atoms with E-state index in [4.69, 9.17) is 0 Å². The standard InChI is InChI=1S/C72H60N6/c1-7-37-61-49(19-1)25-13-31-55(61)43-73-67-68-74(44-56-32-14-26-50-20-2-8-38-62(50)56)71(73)72-75(45-57-33-15-27-51-21-3-9-39-63(51)57)69(77(67)47-59-35-17-29-53-23-5-11-41-65(53)59)70(76(72)46-58-34-16-28-52-22-4-10-40-64(52)58)78(68)48-60-36-18-30-54-24-6-12-42-66(54)60/h1-42,67-72H,43-48H2. The number of piperazine rings is 1. The zero-order chi connectivity index (χ0) is 51.3. The molecule has 12 aromatic rings. The van der Waals surface area contributed by atoms with Crippen molar-refractivity contribution >= 4 is 64.6 Å². The zero-order valence-corrected chi connectivity index (χ0v) is 43.6. The second kappa shape index (κ2) is 18.9. The Kier molecular flexibility index (Phi) is 11.1. The zero-order valence-electron chi connectivity index (χ0n) is 43.6. The minimum atomic E-state index is -0.0228. The van der Waals surface area contributed by atoms with Crippen LogP contribution in [0.5, 0.6) is 0 Å². The summed E-state index contributed by atoms with van der Waals surface area (Å²) < 4.78 is 0. The van der Waals surface area contributed by atoms with Gasteiger partial charge in [-0.05, 0) is 98.0 Å². The molecule has 5 aliphatic heterocycles. The molecule has 0 radical (unpaired) electrons. The summed E-state index contributed by atoms with van der Waals surface area (Å²) in [6.07, 6.45) is 0.00583. The van der Waals surface area contributed by atoms with E-state index in [-0.39, 0.29) is 37.0 Å². The van der Waals surface area contributed by atoms with Crippen molar-refractivity contribution < 1.29 is 0 Å². The molecule has 0 atom stereocenters. The molecule has 6 bridgehead atoms. The molecule has 0 N–H and O–H groups in total. The fraction of sp³-hybridized carbons (Fsp3) is 0.167. The molecular formula is C72H60N6. The van der Waals surface area contributed by atoms with Gasteiger partial charge in [-0.15, -0.1) is 0 Å². The van der Waals surface area contributed by atoms with Gasteiger partial charge in [0, 0.05) is 39.3 Å². The van der Waals surface area contributed by atoms with Gasteiger partial charge in [-0.1, -0.05) is 255 Å². The van der Waals surface area contributed by atoms with Crippen LogP contribution in [0.1, 0.15) is 33.4 Å². The van der Waals surface area contributed by atoms with Gasteiger partial charge in [0.25, 0.3) is 0 Å². The van der Waals surface area contributed by atoms with Crippen molar-refractivity contribution in [3.8, 4) is 0 Å². The summed E-state index contributed by atoms with van der Waals surface area (Å²) in [5.41, 5.74) is 8.23. The average molecular weight is 1010 g/mol. The molecule has 12 aromatic carbocycles. The van der Waals surface area contributed by atoms with Crippen LogP contribution in [0.4, 0.5) is 0 Å². The summed E-state index contributed by atoms with van der Waals surface area (Å²) in [6, 6.07) is 96.3. The van der Waals surface area contributed by atoms with Gasteiger partial charge in [-0.2, -0.15) is 0 Å². The first-order chi connectivity index (χ1) is 38.7. The van der Waals surface area contributed by atoms with Gasteiger partial charge in [0.2, 0.25) is 0 Å². The van der Waals surface area contributed by atoms with Crippen LogP contribution in [-0.2, 0) is 39.3 Å². The third kappa shape index (κ3) is 7.47. The number of benzene rings is 12. The lowest BCUT2D eigenvalue weighted by atomic mass is 9.98. The molecular weight excluding hydrogens is 949 g/mol. The fourth-order valence-electron chi connectivity index (χ4n) is 15.0. The molecule has 5 heterocycles. The van der Waals surface area contributed by atoms with Gasteiger partial charge < -0.3 is 0 Å². The van der Waals surface area contributed by atoms with E-state index < -0.39 is 0 Å². The molecule has 6 nitrogen and oxygen atoms in total. The first kappa shape index (κ1) is 46.1. The van der Waals surface area contributed by atoms with Crippen LogP contribution in [0.3, 0.4) is 0 Å². The fourth-order valence-corrected chi connectivity index (χ4v) is 15.0. The van der Waals surface area contributed by atoms with Crippen molar-refractivity contribution in [1.29, 1.82) is 0 Å². The highest BCUT2D eigenvalue weighted by molar-refractivity contribution is 5.89. The highest BCUT2D eigenvalue weighted by Crippen LogP contribution is 2.55. The Hall–Kier alpha value is -8.04. The van der Waals surface area contributed by atoms with Crippen LogP contribution in [0.25, 0.3) is 64.6 Å². The van der Waals surface area contributed by atoms with Crippen LogP contribution >= 0.6 is 0 Å². The Labute approximate surface area is 456 Å². The second-order valence-corrected chi connectivity index (χ2v) is 22.3. The molecule has 0 unspecified atom stereocenters. The van der Waals surface area contributed by atoms with Crippen LogP contribution in [-0.4, -0.2) is 66.4 Å². The van der Waals surface area contributed by atoms with Crippen molar-refractivity contribution in [3.05, 3.63) is 288 Å². The van der Waals surface area contributed by atoms with E-state index in [1.165, 1.54) is 98.0 Å². The molecule has 6 heteroatoms. The lowest BCUT2D eigenvalue weighted by molar-refractivity contribution is -0.165. The molecule has 5 saturated heterocycles. The lowest BCUT2D eigenvalue weighted by Gasteiger charge is -2.56. The van der Waals surface area contributed by atoms with Crippen LogP contribution in [0.2, 0.25) is 0 Å². The van der Waals surface area contributed by atoms with Gasteiger partial charge >= 0.3 is 0 Å². The van der Waals surface area contributed by atoms with E-state index >= 15 is 0 Å². The Bertz CT molecular complexity index is 3770. The van der Waals surface area contributed by atoms with Crippen LogP contribution < -0.4 is 0 Å². The van der Waals surface area contributed by atoms with Crippen LogP contribution in [0.15, 0.2) is 255 Å². The Morgan fingerprint density at radius 2 is 0.308 bits per heavy atom. The molecule has 5 fully saturated rings. The highest BCUT2D eigenvalue weighted by Gasteiger charge is 2.71. The molecule has 5 aliphatic rings. The summed E-state index contributed by atoms with van der Waals surface area (Å²) in [5, 5.41) is 15.7. The third-order valence-corrected chi connectivity index (χ3v) is 18.3. The van der Waals surface area contributed by atoms with E-state index in [0.717, 1.165) is 39.3 Å². The monoisotopic (exact) mass is 1010 g/mol. The SMILES string of the molecule is c1ccc2c(CN3C4C5N(Cc6cccc7ccccc67)C3C3N(Cc6cccc7ccccc67)C(C(N3Cc3cccc6ccccc36)N5Cc3cccc5ccccc35)N4Cc3cccc4ccccc34)cccc2c1. The normalized spacial score (nSPS) is 21.8. The first-order valence-electron chi connectivity index (χ1n) is 28.0. The topological polar surface area (TPSA) is 19.4 Å². The minimum absolute atomic E-state index is 0.0128. The van der Waals surface area contributed by atoms with Crippen molar-refractivity contribution in [3.63, 3.8) is 0 Å². The summed E-state index contributed by atoms with van der Waals surface area (Å²) in [6.45, 7) is 4.79. The first-order valence-corrected chi connectivity index (χ1v) is 28.0. The summed E-state index contributed by atoms with van der Waals surface area (Å²) in [4.78, 5) is 18.0. The number of nitrogens with zero attached hydrogens (tertiary/aromatic N) is 6. The molecule has 0 amide bonds. The Balaban J connectivity index is 0.991. The van der Waals surface area contributed by atoms with E-state index in [2.05, 4.69) is 284 Å². The van der Waals surface area contributed by atoms with Gasteiger partial charge in [-0.25, -0.2) is 0 Å².